The van der Waals surface area contributed by atoms with Crippen LogP contribution >= 0.6 is 0 Å². The van der Waals surface area contributed by atoms with Gasteiger partial charge < -0.3 is 10.6 Å². The fraction of sp³-hybridized carbons (Fsp3) is 0.364. The Labute approximate surface area is 93.3 Å². The van der Waals surface area contributed by atoms with Gasteiger partial charge in [-0.15, -0.1) is 0 Å². The van der Waals surface area contributed by atoms with E-state index in [0.717, 1.165) is 6.42 Å². The van der Waals surface area contributed by atoms with Crippen LogP contribution in [0.2, 0.25) is 0 Å². The predicted molar refractivity (Wildman–Crippen MR) is 57.5 cm³/mol. The zero-order chi connectivity index (χ0) is 11.5. The lowest BCUT2D eigenvalue weighted by molar-refractivity contribution is -0.121. The number of aromatic nitrogens is 1. The van der Waals surface area contributed by atoms with E-state index >= 15 is 0 Å². The summed E-state index contributed by atoms with van der Waals surface area (Å²) in [5.74, 6) is -0.607. The van der Waals surface area contributed by atoms with Crippen LogP contribution in [0.3, 0.4) is 0 Å². The fourth-order valence-electron chi connectivity index (χ4n) is 1.96. The molecule has 1 aromatic rings. The maximum atomic E-state index is 12.0. The summed E-state index contributed by atoms with van der Waals surface area (Å²) in [4.78, 5) is 28.6. The van der Waals surface area contributed by atoms with Crippen LogP contribution in [-0.4, -0.2) is 34.3 Å². The van der Waals surface area contributed by atoms with Crippen LogP contribution < -0.4 is 5.73 Å². The van der Waals surface area contributed by atoms with Gasteiger partial charge in [0.25, 0.3) is 5.91 Å². The molecule has 1 aromatic heterocycles. The molecular weight excluding hydrogens is 206 g/mol. The lowest BCUT2D eigenvalue weighted by Crippen LogP contribution is -2.43. The predicted octanol–water partition coefficient (Wildman–Crippen LogP) is 0.171. The molecule has 0 bridgehead atoms. The average Bonchev–Trinajstić information content (AvgIpc) is 2.78. The third-order valence-corrected chi connectivity index (χ3v) is 2.75. The van der Waals surface area contributed by atoms with Gasteiger partial charge >= 0.3 is 0 Å². The minimum Gasteiger partial charge on any atom is -0.368 e. The molecule has 1 aliphatic rings. The largest absolute Gasteiger partial charge is 0.368 e. The molecule has 1 fully saturated rings. The van der Waals surface area contributed by atoms with Crippen molar-refractivity contribution in [3.63, 3.8) is 0 Å². The van der Waals surface area contributed by atoms with Crippen molar-refractivity contribution in [3.05, 3.63) is 30.1 Å². The summed E-state index contributed by atoms with van der Waals surface area (Å²) in [5, 5.41) is 0. The zero-order valence-corrected chi connectivity index (χ0v) is 8.80. The van der Waals surface area contributed by atoms with Crippen molar-refractivity contribution in [1.82, 2.24) is 9.88 Å². The second kappa shape index (κ2) is 4.30. The number of hydrogen-bond acceptors (Lipinski definition) is 3. The maximum Gasteiger partial charge on any atom is 0.256 e. The first-order valence-corrected chi connectivity index (χ1v) is 5.20. The van der Waals surface area contributed by atoms with E-state index in [4.69, 9.17) is 5.73 Å². The minimum atomic E-state index is -0.465. The van der Waals surface area contributed by atoms with Gasteiger partial charge in [0, 0.05) is 18.9 Å². The lowest BCUT2D eigenvalue weighted by atomic mass is 10.2. The Bertz CT molecular complexity index is 405. The summed E-state index contributed by atoms with van der Waals surface area (Å²) in [6, 6.07) is 2.92. The molecule has 2 amide bonds. The third kappa shape index (κ3) is 1.88. The van der Waals surface area contributed by atoms with E-state index in [1.54, 1.807) is 18.3 Å². The van der Waals surface area contributed by atoms with Gasteiger partial charge in [-0.05, 0) is 25.0 Å². The molecule has 0 aliphatic carbocycles. The molecule has 0 spiro atoms. The molecule has 1 aliphatic heterocycles. The normalized spacial score (nSPS) is 19.8. The lowest BCUT2D eigenvalue weighted by Gasteiger charge is -2.21. The summed E-state index contributed by atoms with van der Waals surface area (Å²) in [5.41, 5.74) is 5.75. The van der Waals surface area contributed by atoms with Crippen molar-refractivity contribution in [2.24, 2.45) is 5.73 Å². The summed E-state index contributed by atoms with van der Waals surface area (Å²) in [6.07, 6.45) is 4.58. The standard InChI is InChI=1S/C11H13N3O2/c12-10(15)9-4-2-6-14(9)11(16)8-3-1-5-13-7-8/h1,3,5,7,9H,2,4,6H2,(H2,12,15)/t9-/m1/s1. The van der Waals surface area contributed by atoms with Gasteiger partial charge in [-0.25, -0.2) is 0 Å². The van der Waals surface area contributed by atoms with Crippen LogP contribution in [0.15, 0.2) is 24.5 Å². The SMILES string of the molecule is NC(=O)[C@H]1CCCN1C(=O)c1cccnc1. The number of rotatable bonds is 2. The topological polar surface area (TPSA) is 76.3 Å². The molecule has 2 rings (SSSR count). The monoisotopic (exact) mass is 219 g/mol. The highest BCUT2D eigenvalue weighted by atomic mass is 16.2. The molecule has 0 aromatic carbocycles. The first-order chi connectivity index (χ1) is 7.70. The number of pyridine rings is 1. The Morgan fingerprint density at radius 1 is 1.50 bits per heavy atom. The van der Waals surface area contributed by atoms with Crippen LogP contribution in [0.5, 0.6) is 0 Å². The minimum absolute atomic E-state index is 0.172. The van der Waals surface area contributed by atoms with Crippen molar-refractivity contribution in [1.29, 1.82) is 0 Å². The van der Waals surface area contributed by atoms with Crippen molar-refractivity contribution in [2.45, 2.75) is 18.9 Å². The number of carbonyl (C=O) groups excluding carboxylic acids is 2. The molecule has 2 N–H and O–H groups in total. The second-order valence-electron chi connectivity index (χ2n) is 3.80. The van der Waals surface area contributed by atoms with E-state index in [2.05, 4.69) is 4.98 Å². The fourth-order valence-corrected chi connectivity index (χ4v) is 1.96. The summed E-state index contributed by atoms with van der Waals surface area (Å²) in [7, 11) is 0. The molecule has 5 heteroatoms. The Morgan fingerprint density at radius 2 is 2.31 bits per heavy atom. The highest BCUT2D eigenvalue weighted by Gasteiger charge is 2.32. The summed E-state index contributed by atoms with van der Waals surface area (Å²) >= 11 is 0. The number of nitrogens with zero attached hydrogens (tertiary/aromatic N) is 2. The molecular formula is C11H13N3O2. The molecule has 5 nitrogen and oxygen atoms in total. The quantitative estimate of drug-likeness (QED) is 0.770. The molecule has 84 valence electrons. The molecule has 0 saturated carbocycles. The summed E-state index contributed by atoms with van der Waals surface area (Å²) < 4.78 is 0. The zero-order valence-electron chi connectivity index (χ0n) is 8.80. The van der Waals surface area contributed by atoms with E-state index in [1.165, 1.54) is 11.1 Å². The Hall–Kier alpha value is -1.91. The Kier molecular flexibility index (Phi) is 2.85. The average molecular weight is 219 g/mol. The number of amides is 2. The number of hydrogen-bond donors (Lipinski definition) is 1. The van der Waals surface area contributed by atoms with Crippen molar-refractivity contribution < 1.29 is 9.59 Å². The number of carbonyl (C=O) groups is 2. The van der Waals surface area contributed by atoms with Crippen molar-refractivity contribution in [2.75, 3.05) is 6.54 Å². The van der Waals surface area contributed by atoms with Gasteiger partial charge in [0.2, 0.25) is 5.91 Å². The van der Waals surface area contributed by atoms with Crippen LogP contribution in [0.25, 0.3) is 0 Å². The Balaban J connectivity index is 2.19. The van der Waals surface area contributed by atoms with Gasteiger partial charge in [-0.1, -0.05) is 0 Å². The first kappa shape index (κ1) is 10.6. The number of likely N-dealkylation sites (tertiary alicyclic amines) is 1. The molecule has 0 unspecified atom stereocenters. The van der Waals surface area contributed by atoms with E-state index < -0.39 is 11.9 Å². The Morgan fingerprint density at radius 3 is 2.94 bits per heavy atom. The highest BCUT2D eigenvalue weighted by molar-refractivity contribution is 5.97. The van der Waals surface area contributed by atoms with Gasteiger partial charge in [-0.3, -0.25) is 14.6 Å². The van der Waals surface area contributed by atoms with Crippen molar-refractivity contribution >= 4 is 11.8 Å². The molecule has 1 atom stereocenters. The van der Waals surface area contributed by atoms with E-state index in [9.17, 15) is 9.59 Å². The van der Waals surface area contributed by atoms with Crippen LogP contribution in [-0.2, 0) is 4.79 Å². The highest BCUT2D eigenvalue weighted by Crippen LogP contribution is 2.19. The molecule has 2 heterocycles. The molecule has 16 heavy (non-hydrogen) atoms. The molecule has 0 radical (unpaired) electrons. The van der Waals surface area contributed by atoms with E-state index in [-0.39, 0.29) is 5.91 Å². The third-order valence-electron chi connectivity index (χ3n) is 2.75. The summed E-state index contributed by atoms with van der Waals surface area (Å²) in [6.45, 7) is 0.585. The van der Waals surface area contributed by atoms with Gasteiger partial charge in [0.05, 0.1) is 5.56 Å². The smallest absolute Gasteiger partial charge is 0.256 e. The van der Waals surface area contributed by atoms with Crippen molar-refractivity contribution in [3.8, 4) is 0 Å². The molecule has 1 saturated heterocycles. The van der Waals surface area contributed by atoms with Gasteiger partial charge in [0.1, 0.15) is 6.04 Å². The van der Waals surface area contributed by atoms with E-state index in [1.807, 2.05) is 0 Å². The van der Waals surface area contributed by atoms with Gasteiger partial charge in [0.15, 0.2) is 0 Å². The number of primary amides is 1. The van der Waals surface area contributed by atoms with Crippen LogP contribution in [0.1, 0.15) is 23.2 Å². The first-order valence-electron chi connectivity index (χ1n) is 5.20. The second-order valence-corrected chi connectivity index (χ2v) is 3.80. The number of nitrogens with two attached hydrogens (primary N) is 1. The van der Waals surface area contributed by atoms with Crippen LogP contribution in [0.4, 0.5) is 0 Å². The van der Waals surface area contributed by atoms with E-state index in [0.29, 0.717) is 18.5 Å². The maximum absolute atomic E-state index is 12.0. The van der Waals surface area contributed by atoms with Crippen LogP contribution in [0, 0.1) is 0 Å². The van der Waals surface area contributed by atoms with Gasteiger partial charge in [-0.2, -0.15) is 0 Å².